The van der Waals surface area contributed by atoms with Crippen LogP contribution >= 0.6 is 15.9 Å². The van der Waals surface area contributed by atoms with E-state index < -0.39 is 11.7 Å². The van der Waals surface area contributed by atoms with Crippen molar-refractivity contribution in [2.24, 2.45) is 0 Å². The lowest BCUT2D eigenvalue weighted by molar-refractivity contribution is -0.137. The van der Waals surface area contributed by atoms with E-state index in [0.29, 0.717) is 23.1 Å². The molecule has 0 radical (unpaired) electrons. The summed E-state index contributed by atoms with van der Waals surface area (Å²) in [5.74, 6) is 2.50. The fourth-order valence-corrected chi connectivity index (χ4v) is 1.77. The van der Waals surface area contributed by atoms with Crippen LogP contribution in [0.25, 0.3) is 0 Å². The standard InChI is InChI=1S/C12H11BrF3N/c1-2-3-4-7-17-11-6-5-9(8-10(11)13)12(14,15)16/h1,5-6,8,17H,3-4,7H2. The third-order valence-electron chi connectivity index (χ3n) is 2.11. The van der Waals surface area contributed by atoms with E-state index in [9.17, 15) is 13.2 Å². The average molecular weight is 306 g/mol. The molecule has 0 heterocycles. The molecule has 0 bridgehead atoms. The summed E-state index contributed by atoms with van der Waals surface area (Å²) >= 11 is 3.11. The van der Waals surface area contributed by atoms with Crippen LogP contribution in [0, 0.1) is 12.3 Å². The Morgan fingerprint density at radius 2 is 2.06 bits per heavy atom. The average Bonchev–Trinajstić information content (AvgIpc) is 2.24. The van der Waals surface area contributed by atoms with Gasteiger partial charge in [-0.1, -0.05) is 0 Å². The van der Waals surface area contributed by atoms with Gasteiger partial charge in [-0.15, -0.1) is 12.3 Å². The smallest absolute Gasteiger partial charge is 0.384 e. The number of unbranched alkanes of at least 4 members (excludes halogenated alkanes) is 1. The summed E-state index contributed by atoms with van der Waals surface area (Å²) in [6, 6.07) is 3.51. The van der Waals surface area contributed by atoms with E-state index in [1.807, 2.05) is 0 Å². The zero-order valence-corrected chi connectivity index (χ0v) is 10.5. The van der Waals surface area contributed by atoms with Crippen LogP contribution in [-0.4, -0.2) is 6.54 Å². The van der Waals surface area contributed by atoms with Gasteiger partial charge in [-0.2, -0.15) is 13.2 Å². The van der Waals surface area contributed by atoms with Crippen molar-refractivity contribution in [1.82, 2.24) is 0 Å². The molecule has 0 aromatic heterocycles. The molecule has 0 aliphatic heterocycles. The van der Waals surface area contributed by atoms with E-state index in [2.05, 4.69) is 27.2 Å². The minimum Gasteiger partial charge on any atom is -0.384 e. The summed E-state index contributed by atoms with van der Waals surface area (Å²) in [7, 11) is 0. The summed E-state index contributed by atoms with van der Waals surface area (Å²) in [6.45, 7) is 0.633. The highest BCUT2D eigenvalue weighted by molar-refractivity contribution is 9.10. The van der Waals surface area contributed by atoms with E-state index in [4.69, 9.17) is 6.42 Å². The molecule has 0 atom stereocenters. The molecule has 1 aromatic carbocycles. The van der Waals surface area contributed by atoms with Gasteiger partial charge in [0, 0.05) is 23.1 Å². The normalized spacial score (nSPS) is 11.0. The first kappa shape index (κ1) is 13.9. The van der Waals surface area contributed by atoms with Crippen molar-refractivity contribution < 1.29 is 13.2 Å². The van der Waals surface area contributed by atoms with Crippen LogP contribution < -0.4 is 5.32 Å². The van der Waals surface area contributed by atoms with Crippen molar-refractivity contribution in [3.8, 4) is 12.3 Å². The van der Waals surface area contributed by atoms with Crippen LogP contribution in [0.1, 0.15) is 18.4 Å². The van der Waals surface area contributed by atoms with E-state index in [-0.39, 0.29) is 0 Å². The number of anilines is 1. The summed E-state index contributed by atoms with van der Waals surface area (Å²) in [5.41, 5.74) is -0.0337. The molecule has 0 spiro atoms. The van der Waals surface area contributed by atoms with E-state index >= 15 is 0 Å². The number of nitrogens with one attached hydrogen (secondary N) is 1. The van der Waals surface area contributed by atoms with E-state index in [1.165, 1.54) is 6.07 Å². The van der Waals surface area contributed by atoms with Gasteiger partial charge in [0.05, 0.1) is 5.56 Å². The molecule has 0 saturated heterocycles. The monoisotopic (exact) mass is 305 g/mol. The number of halogens is 4. The zero-order chi connectivity index (χ0) is 12.9. The predicted octanol–water partition coefficient (Wildman–Crippen LogP) is 4.29. The maximum Gasteiger partial charge on any atom is 0.416 e. The Bertz CT molecular complexity index is 421. The van der Waals surface area contributed by atoms with Gasteiger partial charge in [0.2, 0.25) is 0 Å². The molecular weight excluding hydrogens is 295 g/mol. The number of rotatable bonds is 4. The molecule has 17 heavy (non-hydrogen) atoms. The summed E-state index contributed by atoms with van der Waals surface area (Å²) < 4.78 is 37.6. The molecule has 0 amide bonds. The third-order valence-corrected chi connectivity index (χ3v) is 2.77. The molecule has 0 saturated carbocycles. The maximum absolute atomic E-state index is 12.4. The second-order valence-corrected chi connectivity index (χ2v) is 4.28. The molecule has 1 N–H and O–H groups in total. The zero-order valence-electron chi connectivity index (χ0n) is 8.94. The Morgan fingerprint density at radius 1 is 1.35 bits per heavy atom. The Morgan fingerprint density at radius 3 is 2.59 bits per heavy atom. The highest BCUT2D eigenvalue weighted by Gasteiger charge is 2.30. The Labute approximate surface area is 107 Å². The van der Waals surface area contributed by atoms with Gasteiger partial charge in [0.25, 0.3) is 0 Å². The van der Waals surface area contributed by atoms with E-state index in [0.717, 1.165) is 18.6 Å². The lowest BCUT2D eigenvalue weighted by Gasteiger charge is -2.11. The quantitative estimate of drug-likeness (QED) is 0.646. The second kappa shape index (κ2) is 5.97. The first-order chi connectivity index (χ1) is 7.95. The highest BCUT2D eigenvalue weighted by Crippen LogP contribution is 2.33. The number of hydrogen-bond donors (Lipinski definition) is 1. The molecule has 5 heteroatoms. The Hall–Kier alpha value is -1.15. The van der Waals surface area contributed by atoms with Crippen molar-refractivity contribution in [3.05, 3.63) is 28.2 Å². The van der Waals surface area contributed by atoms with Crippen LogP contribution in [-0.2, 0) is 6.18 Å². The topological polar surface area (TPSA) is 12.0 Å². The first-order valence-corrected chi connectivity index (χ1v) is 5.78. The van der Waals surface area contributed by atoms with Gasteiger partial charge in [0.15, 0.2) is 0 Å². The number of terminal acetylenes is 1. The first-order valence-electron chi connectivity index (χ1n) is 4.99. The molecule has 0 aliphatic rings. The number of hydrogen-bond acceptors (Lipinski definition) is 1. The lowest BCUT2D eigenvalue weighted by atomic mass is 10.2. The van der Waals surface area contributed by atoms with Crippen molar-refractivity contribution >= 4 is 21.6 Å². The van der Waals surface area contributed by atoms with Crippen molar-refractivity contribution in [3.63, 3.8) is 0 Å². The molecule has 1 rings (SSSR count). The largest absolute Gasteiger partial charge is 0.416 e. The Kier molecular flexibility index (Phi) is 4.88. The minimum absolute atomic E-state index is 0.396. The van der Waals surface area contributed by atoms with Crippen LogP contribution in [0.5, 0.6) is 0 Å². The van der Waals surface area contributed by atoms with Gasteiger partial charge in [-0.3, -0.25) is 0 Å². The second-order valence-electron chi connectivity index (χ2n) is 3.43. The SMILES string of the molecule is C#CCCCNc1ccc(C(F)(F)F)cc1Br. The fraction of sp³-hybridized carbons (Fsp3) is 0.333. The van der Waals surface area contributed by atoms with Crippen molar-refractivity contribution in [2.75, 3.05) is 11.9 Å². The lowest BCUT2D eigenvalue weighted by Crippen LogP contribution is -2.06. The van der Waals surface area contributed by atoms with Crippen LogP contribution in [0.2, 0.25) is 0 Å². The molecule has 0 fully saturated rings. The summed E-state index contributed by atoms with van der Waals surface area (Å²) in [5, 5.41) is 3.02. The molecule has 0 unspecified atom stereocenters. The number of benzene rings is 1. The van der Waals surface area contributed by atoms with Crippen LogP contribution in [0.15, 0.2) is 22.7 Å². The van der Waals surface area contributed by atoms with Crippen molar-refractivity contribution in [1.29, 1.82) is 0 Å². The molecule has 92 valence electrons. The summed E-state index contributed by atoms with van der Waals surface area (Å²) in [4.78, 5) is 0. The van der Waals surface area contributed by atoms with Gasteiger partial charge in [0.1, 0.15) is 0 Å². The molecule has 0 aliphatic carbocycles. The minimum atomic E-state index is -4.31. The van der Waals surface area contributed by atoms with Crippen LogP contribution in [0.4, 0.5) is 18.9 Å². The van der Waals surface area contributed by atoms with E-state index in [1.54, 1.807) is 0 Å². The molecular formula is C12H11BrF3N. The maximum atomic E-state index is 12.4. The van der Waals surface area contributed by atoms with Crippen molar-refractivity contribution in [2.45, 2.75) is 19.0 Å². The van der Waals surface area contributed by atoms with Gasteiger partial charge in [-0.25, -0.2) is 0 Å². The molecule has 1 nitrogen and oxygen atoms in total. The predicted molar refractivity (Wildman–Crippen MR) is 65.7 cm³/mol. The summed E-state index contributed by atoms with van der Waals surface area (Å²) in [6.07, 6.45) is 2.20. The highest BCUT2D eigenvalue weighted by atomic mass is 79.9. The van der Waals surface area contributed by atoms with Crippen LogP contribution in [0.3, 0.4) is 0 Å². The Balaban J connectivity index is 2.68. The van der Waals surface area contributed by atoms with Gasteiger partial charge < -0.3 is 5.32 Å². The molecule has 1 aromatic rings. The number of alkyl halides is 3. The van der Waals surface area contributed by atoms with Gasteiger partial charge >= 0.3 is 6.18 Å². The third kappa shape index (κ3) is 4.31. The fourth-order valence-electron chi connectivity index (χ4n) is 1.25. The van der Waals surface area contributed by atoms with Gasteiger partial charge in [-0.05, 0) is 40.5 Å².